The largest absolute Gasteiger partial charge is 0.352 e. The molecule has 4 nitrogen and oxygen atoms in total. The van der Waals surface area contributed by atoms with Gasteiger partial charge in [-0.3, -0.25) is 9.59 Å². The molecule has 0 saturated heterocycles. The van der Waals surface area contributed by atoms with Crippen LogP contribution < -0.4 is 5.32 Å². The third-order valence-corrected chi connectivity index (χ3v) is 7.09. The van der Waals surface area contributed by atoms with Crippen LogP contribution in [0.15, 0.2) is 72.8 Å². The lowest BCUT2D eigenvalue weighted by molar-refractivity contribution is -0.141. The molecule has 0 heterocycles. The number of carbonyl (C=O) groups is 2. The van der Waals surface area contributed by atoms with Crippen LogP contribution in [0, 0.1) is 19.7 Å². The molecule has 0 bridgehead atoms. The average Bonchev–Trinajstić information content (AvgIpc) is 3.38. The Hall–Kier alpha value is -3.47. The zero-order chi connectivity index (χ0) is 25.5. The number of nitrogens with zero attached hydrogens (tertiary/aromatic N) is 1. The van der Waals surface area contributed by atoms with Crippen molar-refractivity contribution in [2.75, 3.05) is 0 Å². The third-order valence-electron chi connectivity index (χ3n) is 7.09. The fraction of sp³-hybridized carbons (Fsp3) is 0.355. The average molecular weight is 487 g/mol. The second-order valence-electron chi connectivity index (χ2n) is 9.95. The zero-order valence-corrected chi connectivity index (χ0v) is 21.2. The number of nitrogens with one attached hydrogen (secondary N) is 1. The van der Waals surface area contributed by atoms with Gasteiger partial charge in [-0.25, -0.2) is 4.39 Å². The maximum Gasteiger partial charge on any atom is 0.243 e. The van der Waals surface area contributed by atoms with Crippen LogP contribution in [0.1, 0.15) is 53.5 Å². The van der Waals surface area contributed by atoms with Crippen LogP contribution in [0.2, 0.25) is 0 Å². The number of hydrogen-bond donors (Lipinski definition) is 1. The van der Waals surface area contributed by atoms with Gasteiger partial charge in [0.05, 0.1) is 6.42 Å². The second-order valence-corrected chi connectivity index (χ2v) is 9.95. The summed E-state index contributed by atoms with van der Waals surface area (Å²) in [6.07, 6.45) is 4.78. The molecule has 0 aromatic heterocycles. The molecule has 4 rings (SSSR count). The topological polar surface area (TPSA) is 49.4 Å². The molecule has 1 fully saturated rings. The first-order valence-corrected chi connectivity index (χ1v) is 12.8. The summed E-state index contributed by atoms with van der Waals surface area (Å²) >= 11 is 0. The highest BCUT2D eigenvalue weighted by Crippen LogP contribution is 2.21. The Morgan fingerprint density at radius 3 is 2.33 bits per heavy atom. The van der Waals surface area contributed by atoms with Crippen molar-refractivity contribution in [1.82, 2.24) is 10.2 Å². The monoisotopic (exact) mass is 486 g/mol. The van der Waals surface area contributed by atoms with Crippen LogP contribution in [0.5, 0.6) is 0 Å². The van der Waals surface area contributed by atoms with Crippen LogP contribution in [0.4, 0.5) is 4.39 Å². The Morgan fingerprint density at radius 1 is 0.944 bits per heavy atom. The van der Waals surface area contributed by atoms with E-state index in [-0.39, 0.29) is 36.6 Å². The Labute approximate surface area is 213 Å². The maximum atomic E-state index is 13.9. The van der Waals surface area contributed by atoms with E-state index in [0.717, 1.165) is 53.5 Å². The fourth-order valence-corrected chi connectivity index (χ4v) is 4.96. The lowest BCUT2D eigenvalue weighted by atomic mass is 9.99. The zero-order valence-electron chi connectivity index (χ0n) is 21.2. The van der Waals surface area contributed by atoms with Crippen LogP contribution in [0.25, 0.3) is 0 Å². The molecule has 1 atom stereocenters. The highest BCUT2D eigenvalue weighted by Gasteiger charge is 2.32. The molecule has 1 aliphatic carbocycles. The van der Waals surface area contributed by atoms with Gasteiger partial charge in [0.1, 0.15) is 11.9 Å². The predicted octanol–water partition coefficient (Wildman–Crippen LogP) is 5.68. The molecular formula is C31H35FN2O2. The number of halogens is 1. The maximum absolute atomic E-state index is 13.9. The molecule has 188 valence electrons. The van der Waals surface area contributed by atoms with Crippen LogP contribution in [-0.4, -0.2) is 28.8 Å². The van der Waals surface area contributed by atoms with Gasteiger partial charge in [0, 0.05) is 19.0 Å². The molecule has 1 N–H and O–H groups in total. The van der Waals surface area contributed by atoms with E-state index >= 15 is 0 Å². The van der Waals surface area contributed by atoms with E-state index in [1.54, 1.807) is 17.0 Å². The van der Waals surface area contributed by atoms with E-state index in [9.17, 15) is 14.0 Å². The van der Waals surface area contributed by atoms with Gasteiger partial charge in [0.15, 0.2) is 0 Å². The molecular weight excluding hydrogens is 451 g/mol. The Kier molecular flexibility index (Phi) is 8.52. The summed E-state index contributed by atoms with van der Waals surface area (Å²) in [5.41, 5.74) is 4.88. The summed E-state index contributed by atoms with van der Waals surface area (Å²) in [6, 6.07) is 21.5. The Balaban J connectivity index is 1.67. The third kappa shape index (κ3) is 6.81. The molecule has 3 aromatic rings. The highest BCUT2D eigenvalue weighted by atomic mass is 19.1. The van der Waals surface area contributed by atoms with Crippen molar-refractivity contribution >= 4 is 11.8 Å². The van der Waals surface area contributed by atoms with Gasteiger partial charge in [-0.05, 0) is 61.1 Å². The molecule has 1 saturated carbocycles. The molecule has 0 aliphatic heterocycles. The van der Waals surface area contributed by atoms with Crippen molar-refractivity contribution in [1.29, 1.82) is 0 Å². The normalized spacial score (nSPS) is 14.4. The Bertz CT molecular complexity index is 1170. The number of benzene rings is 3. The summed E-state index contributed by atoms with van der Waals surface area (Å²) in [6.45, 7) is 4.25. The lowest BCUT2D eigenvalue weighted by Crippen LogP contribution is -2.52. The summed E-state index contributed by atoms with van der Waals surface area (Å²) in [4.78, 5) is 29.3. The van der Waals surface area contributed by atoms with Crippen LogP contribution in [-0.2, 0) is 29.0 Å². The van der Waals surface area contributed by atoms with Crippen molar-refractivity contribution in [2.45, 2.75) is 71.0 Å². The first-order valence-electron chi connectivity index (χ1n) is 12.8. The number of hydrogen-bond acceptors (Lipinski definition) is 2. The summed E-state index contributed by atoms with van der Waals surface area (Å²) < 4.78 is 13.6. The van der Waals surface area contributed by atoms with Crippen LogP contribution in [0.3, 0.4) is 0 Å². The van der Waals surface area contributed by atoms with Crippen molar-refractivity contribution in [3.05, 3.63) is 106 Å². The first-order chi connectivity index (χ1) is 17.4. The highest BCUT2D eigenvalue weighted by molar-refractivity contribution is 5.89. The number of carbonyl (C=O) groups excluding carboxylic acids is 2. The van der Waals surface area contributed by atoms with Gasteiger partial charge in [-0.2, -0.15) is 0 Å². The number of amides is 2. The minimum absolute atomic E-state index is 0.115. The molecule has 36 heavy (non-hydrogen) atoms. The van der Waals surface area contributed by atoms with E-state index in [0.29, 0.717) is 6.42 Å². The second kappa shape index (κ2) is 12.0. The van der Waals surface area contributed by atoms with E-state index < -0.39 is 6.04 Å². The van der Waals surface area contributed by atoms with Gasteiger partial charge in [-0.15, -0.1) is 0 Å². The summed E-state index contributed by atoms with van der Waals surface area (Å²) in [5.74, 6) is -0.565. The van der Waals surface area contributed by atoms with E-state index in [4.69, 9.17) is 0 Å². The van der Waals surface area contributed by atoms with Gasteiger partial charge in [0.25, 0.3) is 0 Å². The van der Waals surface area contributed by atoms with E-state index in [1.807, 2.05) is 62.4 Å². The number of rotatable bonds is 9. The smallest absolute Gasteiger partial charge is 0.243 e. The van der Waals surface area contributed by atoms with Crippen molar-refractivity contribution in [3.8, 4) is 0 Å². The van der Waals surface area contributed by atoms with Crippen molar-refractivity contribution in [3.63, 3.8) is 0 Å². The molecule has 3 aromatic carbocycles. The van der Waals surface area contributed by atoms with Crippen LogP contribution >= 0.6 is 0 Å². The van der Waals surface area contributed by atoms with Crippen molar-refractivity contribution < 1.29 is 14.0 Å². The SMILES string of the molecule is Cc1ccc(C)c(CC(=O)N(Cc2ccc(F)cc2)[C@@H](Cc2ccccc2)C(=O)NC2CCCC2)c1. The standard InChI is InChI=1S/C31H35FN2O2/c1-22-12-13-23(2)26(18-22)20-30(35)34(21-25-14-16-27(32)17-15-25)29(19-24-8-4-3-5-9-24)31(36)33-28-10-6-7-11-28/h3-5,8-9,12-18,28-29H,6-7,10-11,19-21H2,1-2H3,(H,33,36)/t29-/m0/s1. The summed E-state index contributed by atoms with van der Waals surface area (Å²) in [7, 11) is 0. The van der Waals surface area contributed by atoms with E-state index in [1.165, 1.54) is 12.1 Å². The molecule has 5 heteroatoms. The summed E-state index contributed by atoms with van der Waals surface area (Å²) in [5, 5.41) is 3.22. The molecule has 1 aliphatic rings. The molecule has 0 unspecified atom stereocenters. The lowest BCUT2D eigenvalue weighted by Gasteiger charge is -2.32. The molecule has 0 spiro atoms. The molecule has 2 amide bonds. The first kappa shape index (κ1) is 25.6. The van der Waals surface area contributed by atoms with E-state index in [2.05, 4.69) is 5.32 Å². The van der Waals surface area contributed by atoms with Gasteiger partial charge >= 0.3 is 0 Å². The number of aryl methyl sites for hydroxylation is 2. The fourth-order valence-electron chi connectivity index (χ4n) is 4.96. The van der Waals surface area contributed by atoms with Gasteiger partial charge in [0.2, 0.25) is 11.8 Å². The van der Waals surface area contributed by atoms with Gasteiger partial charge < -0.3 is 10.2 Å². The minimum Gasteiger partial charge on any atom is -0.352 e. The molecule has 0 radical (unpaired) electrons. The quantitative estimate of drug-likeness (QED) is 0.423. The van der Waals surface area contributed by atoms with Crippen molar-refractivity contribution in [2.24, 2.45) is 0 Å². The van der Waals surface area contributed by atoms with Gasteiger partial charge in [-0.1, -0.05) is 79.1 Å². The predicted molar refractivity (Wildman–Crippen MR) is 141 cm³/mol. The minimum atomic E-state index is -0.671. The Morgan fingerprint density at radius 2 is 1.64 bits per heavy atom.